The van der Waals surface area contributed by atoms with Gasteiger partial charge in [0.15, 0.2) is 0 Å². The first-order chi connectivity index (χ1) is 3.92. The first kappa shape index (κ1) is 8.73. The number of hydrogen-bond donors (Lipinski definition) is 1. The highest BCUT2D eigenvalue weighted by molar-refractivity contribution is 8.68. The Balaban J connectivity index is 3.67. The second-order valence-electron chi connectivity index (χ2n) is 1.07. The van der Waals surface area contributed by atoms with Crippen molar-refractivity contribution in [3.8, 4) is 0 Å². The molecule has 0 bridgehead atoms. The molecule has 1 N–H and O–H groups in total. The molecule has 0 rings (SSSR count). The van der Waals surface area contributed by atoms with Gasteiger partial charge in [-0.25, -0.2) is 0 Å². The maximum Gasteiger partial charge on any atom is 0.357 e. The Morgan fingerprint density at radius 1 is 1.67 bits per heavy atom. The van der Waals surface area contributed by atoms with Crippen molar-refractivity contribution in [1.29, 1.82) is 0 Å². The third kappa shape index (κ3) is 7.73. The summed E-state index contributed by atoms with van der Waals surface area (Å²) < 4.78 is 31.3. The Bertz CT molecular complexity index is 191. The molecule has 0 spiro atoms. The molecule has 0 saturated heterocycles. The molecule has 54 valence electrons. The van der Waals surface area contributed by atoms with Crippen molar-refractivity contribution < 1.29 is 21.9 Å². The van der Waals surface area contributed by atoms with E-state index in [1.807, 2.05) is 0 Å². The molecule has 0 aliphatic rings. The second-order valence-corrected chi connectivity index (χ2v) is 3.90. The smallest absolute Gasteiger partial charge is 0.357 e. The van der Waals surface area contributed by atoms with Crippen molar-refractivity contribution in [3.05, 3.63) is 0 Å². The predicted molar refractivity (Wildman–Crippen MR) is 30.9 cm³/mol. The van der Waals surface area contributed by atoms with E-state index >= 15 is 0 Å². The highest BCUT2D eigenvalue weighted by Gasteiger charge is 2.08. The average Bonchev–Trinajstić information content (AvgIpc) is 1.59. The average molecular weight is 172 g/mol. The molecule has 0 radical (unpaired) electrons. The van der Waals surface area contributed by atoms with Crippen molar-refractivity contribution in [2.45, 2.75) is 6.92 Å². The van der Waals surface area contributed by atoms with Crippen molar-refractivity contribution in [2.75, 3.05) is 0 Å². The van der Waals surface area contributed by atoms with E-state index < -0.39 is 15.1 Å². The van der Waals surface area contributed by atoms with Crippen molar-refractivity contribution in [3.63, 3.8) is 0 Å². The number of hydrogen-bond acceptors (Lipinski definition) is 5. The van der Waals surface area contributed by atoms with Gasteiger partial charge in [0.2, 0.25) is 11.1 Å². The van der Waals surface area contributed by atoms with Crippen LogP contribution in [0.1, 0.15) is 6.92 Å². The van der Waals surface area contributed by atoms with Crippen LogP contribution in [0.5, 0.6) is 0 Å². The molecule has 0 aromatic rings. The Labute approximate surface area is 55.7 Å². The first-order valence-electron chi connectivity index (χ1n) is 1.76. The summed E-state index contributed by atoms with van der Waals surface area (Å²) in [6, 6.07) is 0. The molecule has 0 unspecified atom stereocenters. The summed E-state index contributed by atoms with van der Waals surface area (Å²) in [5, 5.41) is 0. The van der Waals surface area contributed by atoms with Gasteiger partial charge in [0, 0.05) is 6.92 Å². The largest absolute Gasteiger partial charge is 0.373 e. The first-order valence-corrected chi connectivity index (χ1v) is 4.46. The van der Waals surface area contributed by atoms with Gasteiger partial charge in [-0.05, 0) is 0 Å². The van der Waals surface area contributed by atoms with Gasteiger partial charge in [-0.3, -0.25) is 9.35 Å². The normalized spacial score (nSPS) is 10.9. The van der Waals surface area contributed by atoms with E-state index in [9.17, 15) is 13.2 Å². The summed E-state index contributed by atoms with van der Waals surface area (Å²) in [6.07, 6.45) is 0. The third-order valence-electron chi connectivity index (χ3n) is 0.237. The van der Waals surface area contributed by atoms with Crippen LogP contribution in [0, 0.1) is 0 Å². The highest BCUT2D eigenvalue weighted by Crippen LogP contribution is 2.09. The zero-order valence-electron chi connectivity index (χ0n) is 4.40. The Morgan fingerprint density at radius 3 is 2.22 bits per heavy atom. The summed E-state index contributed by atoms with van der Waals surface area (Å²) in [6.45, 7) is 1.03. The fraction of sp³-hybridized carbons (Fsp3) is 0.500. The Morgan fingerprint density at radius 2 is 2.11 bits per heavy atom. The molecule has 0 aromatic heterocycles. The van der Waals surface area contributed by atoms with Crippen LogP contribution in [0.15, 0.2) is 0 Å². The second kappa shape index (κ2) is 3.04. The molecule has 7 heteroatoms. The fourth-order valence-corrected chi connectivity index (χ4v) is 0.818. The molecule has 0 aliphatic heterocycles. The van der Waals surface area contributed by atoms with Gasteiger partial charge in [0.05, 0.1) is 0 Å². The van der Waals surface area contributed by atoms with Crippen LogP contribution in [-0.2, 0) is 18.1 Å². The molecular weight excluding hydrogens is 168 g/mol. The SMILES string of the molecule is CC(=O)OSS(=O)(=O)O. The lowest BCUT2D eigenvalue weighted by molar-refractivity contribution is -0.130. The lowest BCUT2D eigenvalue weighted by Gasteiger charge is -1.91. The molecular formula is C2H4O5S2. The van der Waals surface area contributed by atoms with E-state index in [2.05, 4.69) is 4.18 Å². The molecule has 0 saturated carbocycles. The Hall–Kier alpha value is -0.270. The van der Waals surface area contributed by atoms with E-state index in [-0.39, 0.29) is 11.1 Å². The van der Waals surface area contributed by atoms with Crippen LogP contribution < -0.4 is 0 Å². The van der Waals surface area contributed by atoms with E-state index in [1.165, 1.54) is 0 Å². The molecule has 0 amide bonds. The summed E-state index contributed by atoms with van der Waals surface area (Å²) in [5.41, 5.74) is 0. The number of rotatable bonds is 2. The minimum absolute atomic E-state index is 0.280. The minimum atomic E-state index is -4.25. The van der Waals surface area contributed by atoms with E-state index in [0.29, 0.717) is 0 Å². The Kier molecular flexibility index (Phi) is 2.95. The lowest BCUT2D eigenvalue weighted by Crippen LogP contribution is -1.95. The minimum Gasteiger partial charge on any atom is -0.373 e. The van der Waals surface area contributed by atoms with E-state index in [4.69, 9.17) is 4.55 Å². The zero-order valence-corrected chi connectivity index (χ0v) is 6.03. The van der Waals surface area contributed by atoms with Crippen LogP contribution in [-0.4, -0.2) is 18.9 Å². The van der Waals surface area contributed by atoms with Crippen molar-refractivity contribution in [1.82, 2.24) is 0 Å². The molecule has 0 heterocycles. The van der Waals surface area contributed by atoms with Crippen LogP contribution in [0.25, 0.3) is 0 Å². The van der Waals surface area contributed by atoms with Gasteiger partial charge >= 0.3 is 15.1 Å². The molecule has 0 aromatic carbocycles. The number of carbonyl (C=O) groups is 1. The topological polar surface area (TPSA) is 80.7 Å². The quantitative estimate of drug-likeness (QED) is 0.358. The lowest BCUT2D eigenvalue weighted by atomic mass is 10.9. The van der Waals surface area contributed by atoms with Crippen LogP contribution >= 0.6 is 11.1 Å². The fourth-order valence-electron chi connectivity index (χ4n) is 0.0909. The van der Waals surface area contributed by atoms with Crippen molar-refractivity contribution in [2.24, 2.45) is 0 Å². The molecule has 9 heavy (non-hydrogen) atoms. The van der Waals surface area contributed by atoms with Crippen LogP contribution in [0.2, 0.25) is 0 Å². The van der Waals surface area contributed by atoms with Gasteiger partial charge in [-0.2, -0.15) is 8.42 Å². The zero-order chi connectivity index (χ0) is 7.49. The highest BCUT2D eigenvalue weighted by atomic mass is 33.2. The summed E-state index contributed by atoms with van der Waals surface area (Å²) in [5.74, 6) is -0.780. The van der Waals surface area contributed by atoms with Gasteiger partial charge in [0.25, 0.3) is 0 Å². The summed E-state index contributed by atoms with van der Waals surface area (Å²) in [7, 11) is -4.25. The van der Waals surface area contributed by atoms with E-state index in [1.54, 1.807) is 0 Å². The predicted octanol–water partition coefficient (Wildman–Crippen LogP) is 0.000500. The van der Waals surface area contributed by atoms with Gasteiger partial charge in [-0.15, -0.1) is 0 Å². The molecule has 0 atom stereocenters. The van der Waals surface area contributed by atoms with Gasteiger partial charge < -0.3 is 4.18 Å². The third-order valence-corrected chi connectivity index (χ3v) is 1.43. The van der Waals surface area contributed by atoms with Gasteiger partial charge in [0.1, 0.15) is 0 Å². The van der Waals surface area contributed by atoms with Gasteiger partial charge in [-0.1, -0.05) is 0 Å². The maximum absolute atomic E-state index is 9.87. The van der Waals surface area contributed by atoms with Crippen LogP contribution in [0.3, 0.4) is 0 Å². The molecule has 5 nitrogen and oxygen atoms in total. The summed E-state index contributed by atoms with van der Waals surface area (Å²) >= 11 is -0.280. The van der Waals surface area contributed by atoms with Crippen LogP contribution in [0.4, 0.5) is 0 Å². The summed E-state index contributed by atoms with van der Waals surface area (Å²) in [4.78, 5) is 9.87. The van der Waals surface area contributed by atoms with E-state index in [0.717, 1.165) is 6.92 Å². The van der Waals surface area contributed by atoms with Crippen molar-refractivity contribution >= 4 is 26.2 Å². The standard InChI is InChI=1S/C2H4O5S2/c1-2(3)7-8-9(4,5)6/h1H3,(H,4,5,6). The maximum atomic E-state index is 9.87. The molecule has 0 fully saturated rings. The number of carbonyl (C=O) groups excluding carboxylic acids is 1. The molecule has 0 aliphatic carbocycles. The monoisotopic (exact) mass is 172 g/mol.